The van der Waals surface area contributed by atoms with Gasteiger partial charge in [-0.1, -0.05) is 98.1 Å². The van der Waals surface area contributed by atoms with Gasteiger partial charge in [0.1, 0.15) is 19.0 Å². The summed E-state index contributed by atoms with van der Waals surface area (Å²) in [6, 6.07) is 27.5. The van der Waals surface area contributed by atoms with Crippen molar-refractivity contribution in [1.82, 2.24) is 25.4 Å². The number of carbonyl (C=O) groups excluding carboxylic acids is 5. The molecule has 4 amide bonds. The van der Waals surface area contributed by atoms with Crippen molar-refractivity contribution < 1.29 is 52.0 Å². The van der Waals surface area contributed by atoms with Crippen LogP contribution in [0.2, 0.25) is 0 Å². The molecule has 4 aromatic rings. The van der Waals surface area contributed by atoms with E-state index in [4.69, 9.17) is 23.7 Å². The van der Waals surface area contributed by atoms with Crippen LogP contribution in [0.25, 0.3) is 11.1 Å². The van der Waals surface area contributed by atoms with Crippen LogP contribution in [-0.2, 0) is 39.7 Å². The fraction of sp³-hybridized carbons (Fsp3) is 0.464. The first-order valence-electron chi connectivity index (χ1n) is 25.5. The second-order valence-electron chi connectivity index (χ2n) is 18.4. The first kappa shape index (κ1) is 54.2. The largest absolute Gasteiger partial charge is 0.448 e. The van der Waals surface area contributed by atoms with Gasteiger partial charge in [-0.3, -0.25) is 24.1 Å². The van der Waals surface area contributed by atoms with Gasteiger partial charge in [-0.25, -0.2) is 9.18 Å². The zero-order chi connectivity index (χ0) is 51.2. The molecule has 1 saturated heterocycles. The Morgan fingerprint density at radius 3 is 1.99 bits per heavy atom. The van der Waals surface area contributed by atoms with Gasteiger partial charge in [-0.15, -0.1) is 0 Å². The number of amides is 4. The lowest BCUT2D eigenvalue weighted by atomic mass is 9.87. The van der Waals surface area contributed by atoms with E-state index in [-0.39, 0.29) is 88.8 Å². The molecule has 0 unspecified atom stereocenters. The maximum atomic E-state index is 15.3. The number of halogens is 1. The quantitative estimate of drug-likeness (QED) is 0.0289. The summed E-state index contributed by atoms with van der Waals surface area (Å²) in [5, 5.41) is 7.31. The molecule has 1 saturated carbocycles. The van der Waals surface area contributed by atoms with Gasteiger partial charge >= 0.3 is 6.09 Å². The highest BCUT2D eigenvalue weighted by molar-refractivity contribution is 6.07. The van der Waals surface area contributed by atoms with E-state index in [0.29, 0.717) is 80.9 Å². The molecule has 16 nitrogen and oxygen atoms in total. The van der Waals surface area contributed by atoms with Gasteiger partial charge in [0, 0.05) is 76.2 Å². The molecule has 0 bridgehead atoms. The van der Waals surface area contributed by atoms with E-state index in [1.165, 1.54) is 41.2 Å². The van der Waals surface area contributed by atoms with Gasteiger partial charge in [-0.05, 0) is 58.7 Å². The van der Waals surface area contributed by atoms with Crippen molar-refractivity contribution in [1.29, 1.82) is 0 Å². The normalized spacial score (nSPS) is 14.8. The molecule has 0 atom stereocenters. The number of ether oxygens (including phenoxy) is 5. The lowest BCUT2D eigenvalue weighted by molar-refractivity contribution is -0.133. The predicted octanol–water partition coefficient (Wildman–Crippen LogP) is 6.49. The standard InChI is InChI=1S/C56H69FN6O10/c1-58-60-52(44-14-6-5-13-43(44)39-64)36-42-19-20-51(57)49(35-42)55(67)62-24-22-61(23-25-62)54(66)38-63(56(68)73-40-50-47-17-9-7-15-45(47)46-16-8-10-18-48(46)50)26-28-70-30-32-72-34-33-71-31-29-69-27-21-59-53(65)37-41-11-3-2-4-12-41/h5-10,13-20,35,39,41,50,58H,2-4,11-12,21-34,36-38,40H2,1H3,(H,59,65)/b60-52-. The second-order valence-corrected chi connectivity index (χ2v) is 18.4. The molecule has 1 aliphatic heterocycles. The number of aldehydes is 1. The van der Waals surface area contributed by atoms with Crippen molar-refractivity contribution >= 4 is 35.8 Å². The highest BCUT2D eigenvalue weighted by atomic mass is 19.1. The Morgan fingerprint density at radius 2 is 1.33 bits per heavy atom. The molecular formula is C56H69FN6O10. The molecule has 4 aromatic carbocycles. The Morgan fingerprint density at radius 1 is 0.726 bits per heavy atom. The lowest BCUT2D eigenvalue weighted by Crippen LogP contribution is -2.53. The summed E-state index contributed by atoms with van der Waals surface area (Å²) in [6.45, 7) is 3.66. The van der Waals surface area contributed by atoms with E-state index in [9.17, 15) is 24.0 Å². The van der Waals surface area contributed by atoms with E-state index in [2.05, 4.69) is 28.0 Å². The molecule has 3 aliphatic rings. The van der Waals surface area contributed by atoms with Gasteiger partial charge in [0.15, 0.2) is 6.29 Å². The summed E-state index contributed by atoms with van der Waals surface area (Å²) in [7, 11) is 1.64. The molecule has 0 aromatic heterocycles. The maximum absolute atomic E-state index is 15.3. The molecule has 390 valence electrons. The van der Waals surface area contributed by atoms with Crippen LogP contribution < -0.4 is 10.7 Å². The first-order chi connectivity index (χ1) is 35.7. The van der Waals surface area contributed by atoms with Crippen LogP contribution in [0.5, 0.6) is 0 Å². The van der Waals surface area contributed by atoms with E-state index in [0.717, 1.165) is 41.4 Å². The highest BCUT2D eigenvalue weighted by Crippen LogP contribution is 2.44. The molecule has 2 fully saturated rings. The number of piperazine rings is 1. The first-order valence-corrected chi connectivity index (χ1v) is 25.5. The van der Waals surface area contributed by atoms with E-state index in [1.807, 2.05) is 36.4 Å². The Balaban J connectivity index is 0.855. The smallest absolute Gasteiger partial charge is 0.410 e. The van der Waals surface area contributed by atoms with Crippen LogP contribution in [0.1, 0.15) is 87.4 Å². The average Bonchev–Trinajstić information content (AvgIpc) is 3.74. The van der Waals surface area contributed by atoms with Crippen LogP contribution >= 0.6 is 0 Å². The number of rotatable bonds is 27. The number of benzene rings is 4. The van der Waals surface area contributed by atoms with Gasteiger partial charge in [0.05, 0.1) is 64.1 Å². The van der Waals surface area contributed by atoms with Crippen molar-refractivity contribution in [2.24, 2.45) is 11.0 Å². The molecule has 73 heavy (non-hydrogen) atoms. The Kier molecular flexibility index (Phi) is 21.3. The van der Waals surface area contributed by atoms with E-state index < -0.39 is 17.8 Å². The third-order valence-corrected chi connectivity index (χ3v) is 13.5. The maximum Gasteiger partial charge on any atom is 0.410 e. The van der Waals surface area contributed by atoms with E-state index >= 15 is 4.39 Å². The second kappa shape index (κ2) is 28.6. The van der Waals surface area contributed by atoms with Gasteiger partial charge < -0.3 is 44.2 Å². The van der Waals surface area contributed by atoms with Crippen molar-refractivity contribution in [2.75, 3.05) is 112 Å². The minimum absolute atomic E-state index is 0.0747. The van der Waals surface area contributed by atoms with Crippen molar-refractivity contribution in [2.45, 2.75) is 50.9 Å². The van der Waals surface area contributed by atoms with Gasteiger partial charge in [-0.2, -0.15) is 5.10 Å². The summed E-state index contributed by atoms with van der Waals surface area (Å²) in [5.41, 5.74) is 9.23. The van der Waals surface area contributed by atoms with Crippen LogP contribution in [0.3, 0.4) is 0 Å². The zero-order valence-electron chi connectivity index (χ0n) is 41.9. The molecule has 2 N–H and O–H groups in total. The lowest BCUT2D eigenvalue weighted by Gasteiger charge is -2.36. The van der Waals surface area contributed by atoms with Crippen molar-refractivity contribution in [3.63, 3.8) is 0 Å². The van der Waals surface area contributed by atoms with Gasteiger partial charge in [0.2, 0.25) is 11.8 Å². The average molecular weight is 1010 g/mol. The summed E-state index contributed by atoms with van der Waals surface area (Å²) in [5.74, 6) is -1.08. The monoisotopic (exact) mass is 1000 g/mol. The summed E-state index contributed by atoms with van der Waals surface area (Å²) in [4.78, 5) is 69.9. The number of hydrogen-bond acceptors (Lipinski definition) is 12. The van der Waals surface area contributed by atoms with Crippen LogP contribution in [0.15, 0.2) is 96.1 Å². The topological polar surface area (TPSA) is 178 Å². The Labute approximate surface area is 427 Å². The summed E-state index contributed by atoms with van der Waals surface area (Å²) in [6.07, 6.45) is 6.93. The van der Waals surface area contributed by atoms with Crippen molar-refractivity contribution in [3.8, 4) is 11.1 Å². The molecular weight excluding hydrogens is 936 g/mol. The molecule has 1 heterocycles. The molecule has 7 rings (SSSR count). The SMILES string of the molecule is CN/N=C(/Cc1ccc(F)c(C(=O)N2CCN(C(=O)CN(CCOCCOCCOCCOCCNC(=O)CC3CCCCC3)C(=O)OCC3c4ccccc4-c4ccccc43)CC2)c1)c1ccccc1C=O. The number of hydrazone groups is 1. The fourth-order valence-corrected chi connectivity index (χ4v) is 9.67. The third kappa shape index (κ3) is 15.7. The number of nitrogens with one attached hydrogen (secondary N) is 2. The molecule has 0 spiro atoms. The van der Waals surface area contributed by atoms with E-state index in [1.54, 1.807) is 42.3 Å². The molecule has 17 heteroatoms. The highest BCUT2D eigenvalue weighted by Gasteiger charge is 2.32. The van der Waals surface area contributed by atoms with Crippen LogP contribution in [-0.4, -0.2) is 163 Å². The van der Waals surface area contributed by atoms with Crippen molar-refractivity contribution in [3.05, 3.63) is 130 Å². The van der Waals surface area contributed by atoms with Crippen LogP contribution in [0, 0.1) is 11.7 Å². The summed E-state index contributed by atoms with van der Waals surface area (Å²) < 4.78 is 43.9. The number of carbonyl (C=O) groups is 5. The number of nitrogens with zero attached hydrogens (tertiary/aromatic N) is 4. The molecule has 0 radical (unpaired) electrons. The number of fused-ring (bicyclic) bond motifs is 3. The van der Waals surface area contributed by atoms with Gasteiger partial charge in [0.25, 0.3) is 5.91 Å². The summed E-state index contributed by atoms with van der Waals surface area (Å²) >= 11 is 0. The predicted molar refractivity (Wildman–Crippen MR) is 274 cm³/mol. The fourth-order valence-electron chi connectivity index (χ4n) is 9.67. The number of hydrogen-bond donors (Lipinski definition) is 2. The van der Waals surface area contributed by atoms with Crippen LogP contribution in [0.4, 0.5) is 9.18 Å². The Hall–Kier alpha value is -6.53. The Bertz CT molecular complexity index is 2450. The minimum atomic E-state index is -0.675. The minimum Gasteiger partial charge on any atom is -0.448 e. The zero-order valence-corrected chi connectivity index (χ0v) is 41.9. The molecule has 2 aliphatic carbocycles. The third-order valence-electron chi connectivity index (χ3n) is 13.5.